The molecule has 2 aliphatic heterocycles. The van der Waals surface area contributed by atoms with Crippen LogP contribution in [0, 0.1) is 18.0 Å². The molecule has 2 bridgehead atoms. The van der Waals surface area contributed by atoms with Gasteiger partial charge in [-0.05, 0) is 75.9 Å². The minimum atomic E-state index is -0.257. The van der Waals surface area contributed by atoms with E-state index in [1.54, 1.807) is 38.7 Å². The summed E-state index contributed by atoms with van der Waals surface area (Å²) in [5, 5.41) is 0. The first-order valence-corrected chi connectivity index (χ1v) is 15.2. The highest BCUT2D eigenvalue weighted by molar-refractivity contribution is 14.1. The summed E-state index contributed by atoms with van der Waals surface area (Å²) in [6, 6.07) is 7.38. The Balaban J connectivity index is 1.27. The van der Waals surface area contributed by atoms with E-state index in [2.05, 4.69) is 79.0 Å². The standard InChI is InChI=1S/C29H28I2N6O4/c1-28-11-29(2,14-36(12-28)26(38)16-5-22-20(7-18(16)30)32-9-24(34-22)40-3)15-37(13-28)27(39)17-6-23-21(8-19(17)31)33-10-25(35-23)41-4/h5-10H,11-15H2,1-4H3. The molecule has 2 aliphatic rings. The number of rotatable bonds is 4. The van der Waals surface area contributed by atoms with Gasteiger partial charge in [0.15, 0.2) is 0 Å². The lowest BCUT2D eigenvalue weighted by Gasteiger charge is -2.56. The van der Waals surface area contributed by atoms with Crippen molar-refractivity contribution < 1.29 is 19.1 Å². The predicted octanol–water partition coefficient (Wildman–Crippen LogP) is 4.81. The van der Waals surface area contributed by atoms with Crippen LogP contribution in [0.2, 0.25) is 0 Å². The summed E-state index contributed by atoms with van der Waals surface area (Å²) < 4.78 is 12.1. The highest BCUT2D eigenvalue weighted by Crippen LogP contribution is 2.46. The average Bonchev–Trinajstić information content (AvgIpc) is 2.93. The monoisotopic (exact) mass is 778 g/mol. The Morgan fingerprint density at radius 3 is 1.46 bits per heavy atom. The summed E-state index contributed by atoms with van der Waals surface area (Å²) in [5.41, 5.74) is 3.34. The van der Waals surface area contributed by atoms with Crippen molar-refractivity contribution in [1.82, 2.24) is 29.7 Å². The van der Waals surface area contributed by atoms with Gasteiger partial charge < -0.3 is 19.3 Å². The summed E-state index contributed by atoms with van der Waals surface area (Å²) in [6.45, 7) is 6.57. The number of carbonyl (C=O) groups is 2. The van der Waals surface area contributed by atoms with Gasteiger partial charge in [0, 0.05) is 44.1 Å². The molecule has 0 aliphatic carbocycles. The van der Waals surface area contributed by atoms with Gasteiger partial charge in [-0.3, -0.25) is 9.59 Å². The van der Waals surface area contributed by atoms with E-state index in [-0.39, 0.29) is 22.6 Å². The molecule has 0 saturated carbocycles. The zero-order valence-corrected chi connectivity index (χ0v) is 27.4. The maximum Gasteiger partial charge on any atom is 0.255 e. The molecule has 2 saturated heterocycles. The summed E-state index contributed by atoms with van der Waals surface area (Å²) >= 11 is 4.39. The molecule has 2 amide bonds. The number of piperidine rings is 2. The number of aromatic nitrogens is 4. The van der Waals surface area contributed by atoms with E-state index >= 15 is 0 Å². The molecule has 4 heterocycles. The van der Waals surface area contributed by atoms with Gasteiger partial charge in [-0.2, -0.15) is 0 Å². The van der Waals surface area contributed by atoms with Crippen LogP contribution < -0.4 is 9.47 Å². The van der Waals surface area contributed by atoms with Gasteiger partial charge in [-0.15, -0.1) is 0 Å². The number of nitrogens with zero attached hydrogens (tertiary/aromatic N) is 6. The number of halogens is 2. The van der Waals surface area contributed by atoms with E-state index in [0.717, 1.165) is 13.6 Å². The molecule has 2 fully saturated rings. The van der Waals surface area contributed by atoms with Crippen LogP contribution in [-0.4, -0.2) is 81.9 Å². The first-order valence-electron chi connectivity index (χ1n) is 13.1. The number of carbonyl (C=O) groups excluding carboxylic acids is 2. The van der Waals surface area contributed by atoms with Crippen molar-refractivity contribution in [3.8, 4) is 11.8 Å². The highest BCUT2D eigenvalue weighted by atomic mass is 127. The summed E-state index contributed by atoms with van der Waals surface area (Å²) in [6.07, 6.45) is 4.08. The van der Waals surface area contributed by atoms with Gasteiger partial charge in [0.05, 0.1) is 59.8 Å². The summed E-state index contributed by atoms with van der Waals surface area (Å²) in [4.78, 5) is 49.5. The largest absolute Gasteiger partial charge is 0.480 e. The fourth-order valence-corrected chi connectivity index (χ4v) is 7.86. The quantitative estimate of drug-likeness (QED) is 0.272. The number of benzene rings is 2. The molecule has 0 unspecified atom stereocenters. The molecule has 4 aromatic rings. The van der Waals surface area contributed by atoms with E-state index in [4.69, 9.17) is 9.47 Å². The Kier molecular flexibility index (Phi) is 7.19. The van der Waals surface area contributed by atoms with Crippen LogP contribution in [0.15, 0.2) is 36.7 Å². The number of hydrogen-bond acceptors (Lipinski definition) is 8. The number of methoxy groups -OCH3 is 2. The lowest BCUT2D eigenvalue weighted by atomic mass is 9.65. The van der Waals surface area contributed by atoms with Crippen molar-refractivity contribution in [2.75, 3.05) is 40.4 Å². The third kappa shape index (κ3) is 5.28. The van der Waals surface area contributed by atoms with Crippen molar-refractivity contribution in [2.24, 2.45) is 10.8 Å². The molecule has 2 aromatic heterocycles. The second kappa shape index (κ2) is 10.4. The van der Waals surface area contributed by atoms with Gasteiger partial charge in [-0.1, -0.05) is 13.8 Å². The number of ether oxygens (including phenoxy) is 2. The molecule has 0 spiro atoms. The van der Waals surface area contributed by atoms with Crippen molar-refractivity contribution in [3.05, 3.63) is 54.9 Å². The average molecular weight is 778 g/mol. The van der Waals surface area contributed by atoms with Crippen LogP contribution in [0.4, 0.5) is 0 Å². The van der Waals surface area contributed by atoms with E-state index in [1.807, 2.05) is 21.9 Å². The predicted molar refractivity (Wildman–Crippen MR) is 170 cm³/mol. The third-order valence-corrected chi connectivity index (χ3v) is 9.60. The fraction of sp³-hybridized carbons (Fsp3) is 0.379. The van der Waals surface area contributed by atoms with Gasteiger partial charge >= 0.3 is 0 Å². The van der Waals surface area contributed by atoms with Gasteiger partial charge in [0.2, 0.25) is 11.8 Å². The molecule has 0 N–H and O–H groups in total. The van der Waals surface area contributed by atoms with E-state index in [1.165, 1.54) is 0 Å². The van der Waals surface area contributed by atoms with Crippen LogP contribution in [-0.2, 0) is 0 Å². The first-order chi connectivity index (χ1) is 19.5. The lowest BCUT2D eigenvalue weighted by molar-refractivity contribution is -0.0538. The molecule has 2 aromatic carbocycles. The van der Waals surface area contributed by atoms with E-state index in [9.17, 15) is 9.59 Å². The maximum absolute atomic E-state index is 13.9. The van der Waals surface area contributed by atoms with Crippen LogP contribution in [0.25, 0.3) is 22.1 Å². The lowest BCUT2D eigenvalue weighted by Crippen LogP contribution is -2.64. The Morgan fingerprint density at radius 2 is 1.10 bits per heavy atom. The summed E-state index contributed by atoms with van der Waals surface area (Å²) in [7, 11) is 3.09. The van der Waals surface area contributed by atoms with E-state index < -0.39 is 0 Å². The molecule has 0 radical (unpaired) electrons. The van der Waals surface area contributed by atoms with Crippen LogP contribution in [0.5, 0.6) is 11.8 Å². The number of amides is 2. The zero-order valence-electron chi connectivity index (χ0n) is 23.1. The molecule has 6 rings (SSSR count). The third-order valence-electron chi connectivity index (χ3n) is 7.82. The van der Waals surface area contributed by atoms with Gasteiger partial charge in [0.1, 0.15) is 0 Å². The normalized spacial score (nSPS) is 22.2. The maximum atomic E-state index is 13.9. The second-order valence-electron chi connectivity index (χ2n) is 11.6. The van der Waals surface area contributed by atoms with E-state index in [0.29, 0.717) is 71.1 Å². The number of likely N-dealkylation sites (tertiary alicyclic amines) is 2. The molecule has 212 valence electrons. The minimum absolute atomic E-state index is 0.0329. The van der Waals surface area contributed by atoms with Crippen LogP contribution >= 0.6 is 45.2 Å². The van der Waals surface area contributed by atoms with Crippen LogP contribution in [0.1, 0.15) is 41.0 Å². The minimum Gasteiger partial charge on any atom is -0.480 e. The molecule has 41 heavy (non-hydrogen) atoms. The van der Waals surface area contributed by atoms with Crippen molar-refractivity contribution in [2.45, 2.75) is 20.3 Å². The second-order valence-corrected chi connectivity index (χ2v) is 13.9. The Morgan fingerprint density at radius 1 is 0.707 bits per heavy atom. The smallest absolute Gasteiger partial charge is 0.255 e. The molecule has 10 nitrogen and oxygen atoms in total. The van der Waals surface area contributed by atoms with Crippen LogP contribution in [0.3, 0.4) is 0 Å². The Labute approximate surface area is 264 Å². The zero-order chi connectivity index (χ0) is 29.1. The van der Waals surface area contributed by atoms with Crippen molar-refractivity contribution in [1.29, 1.82) is 0 Å². The SMILES string of the molecule is COc1cnc2cc(I)c(C(=O)N3CC4(C)CN(C(=O)c5cc6nc(OC)cnc6cc5I)CC(C)(C3)C4)cc2n1. The summed E-state index contributed by atoms with van der Waals surface area (Å²) in [5.74, 6) is 0.743. The van der Waals surface area contributed by atoms with Gasteiger partial charge in [-0.25, -0.2) is 19.9 Å². The Hall–Kier alpha value is -2.88. The topological polar surface area (TPSA) is 111 Å². The highest BCUT2D eigenvalue weighted by Gasteiger charge is 2.51. The van der Waals surface area contributed by atoms with Crippen molar-refractivity contribution in [3.63, 3.8) is 0 Å². The fourth-order valence-electron chi connectivity index (χ4n) is 6.49. The van der Waals surface area contributed by atoms with Gasteiger partial charge in [0.25, 0.3) is 11.8 Å². The number of hydrogen-bond donors (Lipinski definition) is 0. The van der Waals surface area contributed by atoms with Crippen molar-refractivity contribution >= 4 is 79.1 Å². The number of fused-ring (bicyclic) bond motifs is 4. The Bertz CT molecular complexity index is 1590. The molecule has 0 atom stereocenters. The molecular weight excluding hydrogens is 750 g/mol. The molecule has 12 heteroatoms. The molecular formula is C29H28I2N6O4. The first kappa shape index (κ1) is 28.2.